The molecule has 0 unspecified atom stereocenters. The van der Waals surface area contributed by atoms with E-state index in [9.17, 15) is 0 Å². The molecule has 0 aliphatic rings. The minimum Gasteiger partial charge on any atom is -0.370 e. The number of aliphatic imine (C=N–C) groups is 1. The predicted octanol–water partition coefficient (Wildman–Crippen LogP) is 3.78. The average Bonchev–Trinajstić information content (AvgIpc) is 3.01. The van der Waals surface area contributed by atoms with Gasteiger partial charge in [0.1, 0.15) is 0 Å². The van der Waals surface area contributed by atoms with Crippen LogP contribution in [0.1, 0.15) is 16.7 Å². The average molecular weight is 448 g/mol. The Labute approximate surface area is 165 Å². The zero-order chi connectivity index (χ0) is 16.8. The number of hydrogen-bond acceptors (Lipinski definition) is 1. The zero-order valence-electron chi connectivity index (χ0n) is 14.5. The third kappa shape index (κ3) is 5.22. The maximum Gasteiger partial charge on any atom is 0.188 e. The fraction of sp³-hybridized carbons (Fsp3) is 0.250. The molecule has 0 amide bonds. The predicted molar refractivity (Wildman–Crippen MR) is 117 cm³/mol. The molecule has 0 saturated heterocycles. The number of benzene rings is 2. The summed E-state index contributed by atoms with van der Waals surface area (Å²) in [4.78, 5) is 7.78. The van der Waals surface area contributed by atoms with Crippen LogP contribution >= 0.6 is 24.0 Å². The van der Waals surface area contributed by atoms with Crippen molar-refractivity contribution >= 4 is 40.8 Å². The molecule has 2 aromatic carbocycles. The van der Waals surface area contributed by atoms with Crippen molar-refractivity contribution in [2.45, 2.75) is 19.8 Å². The van der Waals surface area contributed by atoms with Crippen LogP contribution in [0.4, 0.5) is 0 Å². The Hall–Kier alpha value is -2.02. The molecule has 4 N–H and O–H groups in total. The van der Waals surface area contributed by atoms with Gasteiger partial charge >= 0.3 is 0 Å². The van der Waals surface area contributed by atoms with E-state index in [0.29, 0.717) is 12.5 Å². The molecule has 0 radical (unpaired) electrons. The first kappa shape index (κ1) is 19.3. The van der Waals surface area contributed by atoms with Gasteiger partial charge in [0, 0.05) is 30.2 Å². The molecular weight excluding hydrogens is 423 g/mol. The van der Waals surface area contributed by atoms with Gasteiger partial charge in [-0.2, -0.15) is 0 Å². The lowest BCUT2D eigenvalue weighted by Crippen LogP contribution is -2.33. The third-order valence-corrected chi connectivity index (χ3v) is 4.24. The van der Waals surface area contributed by atoms with Crippen molar-refractivity contribution in [2.75, 3.05) is 13.1 Å². The van der Waals surface area contributed by atoms with E-state index in [4.69, 9.17) is 5.73 Å². The lowest BCUT2D eigenvalue weighted by Gasteiger charge is -2.05. The molecule has 0 fully saturated rings. The topological polar surface area (TPSA) is 66.2 Å². The lowest BCUT2D eigenvalue weighted by molar-refractivity contribution is 0.844. The number of fused-ring (bicyclic) bond motifs is 1. The smallest absolute Gasteiger partial charge is 0.188 e. The molecule has 1 heterocycles. The number of halogens is 1. The van der Waals surface area contributed by atoms with Gasteiger partial charge in [0.05, 0.1) is 0 Å². The van der Waals surface area contributed by atoms with Crippen LogP contribution in [0.15, 0.2) is 59.7 Å². The second kappa shape index (κ2) is 9.46. The van der Waals surface area contributed by atoms with Crippen LogP contribution in [0.25, 0.3) is 10.9 Å². The van der Waals surface area contributed by atoms with Gasteiger partial charge in [0.15, 0.2) is 5.96 Å². The lowest BCUT2D eigenvalue weighted by atomic mass is 10.1. The van der Waals surface area contributed by atoms with Crippen LogP contribution in [-0.2, 0) is 12.8 Å². The summed E-state index contributed by atoms with van der Waals surface area (Å²) in [7, 11) is 0. The molecule has 5 heteroatoms. The quantitative estimate of drug-likeness (QED) is 0.305. The largest absolute Gasteiger partial charge is 0.370 e. The number of H-pyrrole nitrogens is 1. The number of rotatable bonds is 6. The van der Waals surface area contributed by atoms with Crippen molar-refractivity contribution in [3.8, 4) is 0 Å². The molecule has 0 bridgehead atoms. The van der Waals surface area contributed by atoms with Crippen molar-refractivity contribution < 1.29 is 0 Å². The normalized spacial score (nSPS) is 11.3. The van der Waals surface area contributed by atoms with E-state index in [2.05, 4.69) is 70.9 Å². The second-order valence-electron chi connectivity index (χ2n) is 5.99. The summed E-state index contributed by atoms with van der Waals surface area (Å²) < 4.78 is 0. The van der Waals surface area contributed by atoms with Crippen LogP contribution in [0, 0.1) is 6.92 Å². The maximum atomic E-state index is 5.95. The van der Waals surface area contributed by atoms with Gasteiger partial charge in [-0.3, -0.25) is 4.99 Å². The Balaban J connectivity index is 0.00000225. The minimum atomic E-state index is 0. The molecule has 4 nitrogen and oxygen atoms in total. The van der Waals surface area contributed by atoms with Crippen molar-refractivity contribution in [1.29, 1.82) is 0 Å². The monoisotopic (exact) mass is 448 g/mol. The number of para-hydroxylation sites is 1. The first-order valence-electron chi connectivity index (χ1n) is 8.37. The van der Waals surface area contributed by atoms with Crippen molar-refractivity contribution in [2.24, 2.45) is 10.7 Å². The summed E-state index contributed by atoms with van der Waals surface area (Å²) in [5.41, 5.74) is 11.0. The summed E-state index contributed by atoms with van der Waals surface area (Å²) in [5, 5.41) is 4.46. The van der Waals surface area contributed by atoms with Gasteiger partial charge in [-0.1, -0.05) is 48.5 Å². The van der Waals surface area contributed by atoms with Crippen LogP contribution in [0.3, 0.4) is 0 Å². The van der Waals surface area contributed by atoms with Crippen LogP contribution in [0.5, 0.6) is 0 Å². The first-order valence-corrected chi connectivity index (χ1v) is 8.37. The van der Waals surface area contributed by atoms with E-state index in [-0.39, 0.29) is 24.0 Å². The fourth-order valence-corrected chi connectivity index (χ4v) is 2.90. The van der Waals surface area contributed by atoms with E-state index in [1.54, 1.807) is 0 Å². The highest BCUT2D eigenvalue weighted by molar-refractivity contribution is 14.0. The molecule has 1 aromatic heterocycles. The Morgan fingerprint density at radius 1 is 1.08 bits per heavy atom. The molecule has 0 aliphatic heterocycles. The number of aromatic nitrogens is 1. The molecule has 0 atom stereocenters. The van der Waals surface area contributed by atoms with Gasteiger partial charge in [-0.15, -0.1) is 24.0 Å². The van der Waals surface area contributed by atoms with Crippen molar-refractivity contribution in [1.82, 2.24) is 10.3 Å². The molecule has 0 aliphatic carbocycles. The number of nitrogens with two attached hydrogens (primary N) is 1. The van der Waals surface area contributed by atoms with Crippen molar-refractivity contribution in [3.05, 3.63) is 71.4 Å². The molecule has 0 saturated carbocycles. The fourth-order valence-electron chi connectivity index (χ4n) is 2.90. The van der Waals surface area contributed by atoms with E-state index >= 15 is 0 Å². The zero-order valence-corrected chi connectivity index (χ0v) is 16.8. The molecular formula is C20H25IN4. The van der Waals surface area contributed by atoms with Gasteiger partial charge < -0.3 is 16.0 Å². The molecule has 0 spiro atoms. The van der Waals surface area contributed by atoms with Gasteiger partial charge in [0.2, 0.25) is 0 Å². The van der Waals surface area contributed by atoms with Gasteiger partial charge in [-0.05, 0) is 36.5 Å². The summed E-state index contributed by atoms with van der Waals surface area (Å²) in [6.07, 6.45) is 3.90. The van der Waals surface area contributed by atoms with E-state index in [0.717, 1.165) is 19.4 Å². The van der Waals surface area contributed by atoms with E-state index in [1.165, 1.54) is 27.6 Å². The van der Waals surface area contributed by atoms with Crippen LogP contribution in [0.2, 0.25) is 0 Å². The SMILES string of the molecule is Cc1cccc2c(CCN=C(N)NCCc3ccccc3)c[nH]c12.I. The molecule has 25 heavy (non-hydrogen) atoms. The number of aryl methyl sites for hydroxylation is 1. The Morgan fingerprint density at radius 3 is 2.68 bits per heavy atom. The number of hydrogen-bond donors (Lipinski definition) is 3. The summed E-state index contributed by atoms with van der Waals surface area (Å²) in [6.45, 7) is 3.60. The number of nitrogens with one attached hydrogen (secondary N) is 2. The number of nitrogens with zero attached hydrogens (tertiary/aromatic N) is 1. The molecule has 132 valence electrons. The Bertz CT molecular complexity index is 824. The first-order chi connectivity index (χ1) is 11.7. The highest BCUT2D eigenvalue weighted by Crippen LogP contribution is 2.21. The molecule has 3 aromatic rings. The highest BCUT2D eigenvalue weighted by Gasteiger charge is 2.04. The van der Waals surface area contributed by atoms with Gasteiger partial charge in [-0.25, -0.2) is 0 Å². The number of aromatic amines is 1. The number of guanidine groups is 1. The standard InChI is InChI=1S/C20H24N4.HI/c1-15-6-5-9-18-17(14-24-19(15)18)11-13-23-20(21)22-12-10-16-7-3-2-4-8-16;/h2-9,14,24H,10-13H2,1H3,(H3,21,22,23);1H. The highest BCUT2D eigenvalue weighted by atomic mass is 127. The summed E-state index contributed by atoms with van der Waals surface area (Å²) in [5.74, 6) is 0.516. The second-order valence-corrected chi connectivity index (χ2v) is 5.99. The van der Waals surface area contributed by atoms with E-state index < -0.39 is 0 Å². The van der Waals surface area contributed by atoms with Gasteiger partial charge in [0.25, 0.3) is 0 Å². The van der Waals surface area contributed by atoms with E-state index in [1.807, 2.05) is 6.07 Å². The Kier molecular flexibility index (Phi) is 7.31. The minimum absolute atomic E-state index is 0. The summed E-state index contributed by atoms with van der Waals surface area (Å²) >= 11 is 0. The summed E-state index contributed by atoms with van der Waals surface area (Å²) in [6, 6.07) is 16.7. The Morgan fingerprint density at radius 2 is 1.88 bits per heavy atom. The molecule has 3 rings (SSSR count). The third-order valence-electron chi connectivity index (χ3n) is 4.24. The maximum absolute atomic E-state index is 5.95. The van der Waals surface area contributed by atoms with Crippen LogP contribution in [-0.4, -0.2) is 24.0 Å². The van der Waals surface area contributed by atoms with Crippen molar-refractivity contribution in [3.63, 3.8) is 0 Å². The van der Waals surface area contributed by atoms with Crippen LogP contribution < -0.4 is 11.1 Å².